The Hall–Kier alpha value is -1.26. The second-order valence-corrected chi connectivity index (χ2v) is 5.30. The fourth-order valence-electron chi connectivity index (χ4n) is 1.85. The summed E-state index contributed by atoms with van der Waals surface area (Å²) in [7, 11) is 0. The molecular weight excluding hydrogens is 314 g/mol. The standard InChI is InChI=1S/C15H13BrF2O/c1-9-5-6-10(7-12(9)16)14(19)8-11-3-2-4-13(17)15(11)18/h2-7,14,19H,8H2,1H3. The van der Waals surface area contributed by atoms with Gasteiger partial charge in [0.2, 0.25) is 0 Å². The Morgan fingerprint density at radius 1 is 1.21 bits per heavy atom. The number of aliphatic hydroxyl groups is 1. The Morgan fingerprint density at radius 2 is 1.95 bits per heavy atom. The van der Waals surface area contributed by atoms with Gasteiger partial charge in [0.25, 0.3) is 0 Å². The van der Waals surface area contributed by atoms with Crippen LogP contribution < -0.4 is 0 Å². The number of hydrogen-bond donors (Lipinski definition) is 1. The lowest BCUT2D eigenvalue weighted by Crippen LogP contribution is -2.05. The van der Waals surface area contributed by atoms with E-state index in [1.807, 2.05) is 13.0 Å². The molecule has 0 aliphatic heterocycles. The molecule has 0 fully saturated rings. The Balaban J connectivity index is 2.23. The molecule has 0 aliphatic rings. The molecule has 0 amide bonds. The topological polar surface area (TPSA) is 20.2 Å². The van der Waals surface area contributed by atoms with E-state index in [9.17, 15) is 13.9 Å². The van der Waals surface area contributed by atoms with Crippen LogP contribution in [0.3, 0.4) is 0 Å². The smallest absolute Gasteiger partial charge is 0.162 e. The van der Waals surface area contributed by atoms with Gasteiger partial charge in [0.1, 0.15) is 0 Å². The largest absolute Gasteiger partial charge is 0.388 e. The maximum Gasteiger partial charge on any atom is 0.162 e. The minimum absolute atomic E-state index is 0.0408. The summed E-state index contributed by atoms with van der Waals surface area (Å²) in [6.45, 7) is 1.94. The third kappa shape index (κ3) is 3.19. The molecule has 1 nitrogen and oxygen atoms in total. The highest BCUT2D eigenvalue weighted by atomic mass is 79.9. The summed E-state index contributed by atoms with van der Waals surface area (Å²) >= 11 is 3.38. The average Bonchev–Trinajstić information content (AvgIpc) is 2.38. The maximum atomic E-state index is 13.5. The molecule has 19 heavy (non-hydrogen) atoms. The van der Waals surface area contributed by atoms with Crippen LogP contribution in [0.5, 0.6) is 0 Å². The number of aliphatic hydroxyl groups excluding tert-OH is 1. The van der Waals surface area contributed by atoms with Crippen molar-refractivity contribution in [2.24, 2.45) is 0 Å². The van der Waals surface area contributed by atoms with Gasteiger partial charge in [-0.3, -0.25) is 0 Å². The van der Waals surface area contributed by atoms with Crippen LogP contribution in [0.2, 0.25) is 0 Å². The van der Waals surface area contributed by atoms with E-state index in [-0.39, 0.29) is 12.0 Å². The number of hydrogen-bond acceptors (Lipinski definition) is 1. The van der Waals surface area contributed by atoms with E-state index < -0.39 is 17.7 Å². The second kappa shape index (κ2) is 5.80. The SMILES string of the molecule is Cc1ccc(C(O)Cc2cccc(F)c2F)cc1Br. The number of benzene rings is 2. The fraction of sp³-hybridized carbons (Fsp3) is 0.200. The predicted molar refractivity (Wildman–Crippen MR) is 73.9 cm³/mol. The van der Waals surface area contributed by atoms with Crippen molar-refractivity contribution in [3.63, 3.8) is 0 Å². The summed E-state index contributed by atoms with van der Waals surface area (Å²) in [5, 5.41) is 10.1. The molecule has 1 N–H and O–H groups in total. The van der Waals surface area contributed by atoms with Crippen molar-refractivity contribution < 1.29 is 13.9 Å². The Kier molecular flexibility index (Phi) is 4.32. The van der Waals surface area contributed by atoms with Gasteiger partial charge in [-0.2, -0.15) is 0 Å². The van der Waals surface area contributed by atoms with Crippen LogP contribution in [-0.4, -0.2) is 5.11 Å². The van der Waals surface area contributed by atoms with Crippen molar-refractivity contribution >= 4 is 15.9 Å². The zero-order chi connectivity index (χ0) is 14.0. The highest BCUT2D eigenvalue weighted by Crippen LogP contribution is 2.25. The quantitative estimate of drug-likeness (QED) is 0.891. The van der Waals surface area contributed by atoms with Gasteiger partial charge >= 0.3 is 0 Å². The zero-order valence-electron chi connectivity index (χ0n) is 10.3. The lowest BCUT2D eigenvalue weighted by molar-refractivity contribution is 0.176. The molecule has 0 spiro atoms. The van der Waals surface area contributed by atoms with Crippen molar-refractivity contribution in [2.75, 3.05) is 0 Å². The first kappa shape index (κ1) is 14.2. The molecule has 2 rings (SSSR count). The van der Waals surface area contributed by atoms with E-state index in [0.29, 0.717) is 5.56 Å². The normalized spacial score (nSPS) is 12.5. The molecule has 0 radical (unpaired) electrons. The van der Waals surface area contributed by atoms with Crippen LogP contribution in [-0.2, 0) is 6.42 Å². The monoisotopic (exact) mass is 326 g/mol. The molecule has 0 saturated carbocycles. The van der Waals surface area contributed by atoms with Crippen molar-refractivity contribution in [2.45, 2.75) is 19.4 Å². The Bertz CT molecular complexity index is 599. The summed E-state index contributed by atoms with van der Waals surface area (Å²) in [5.41, 5.74) is 1.89. The van der Waals surface area contributed by atoms with Gasteiger partial charge in [-0.15, -0.1) is 0 Å². The van der Waals surface area contributed by atoms with Gasteiger partial charge in [-0.25, -0.2) is 8.78 Å². The summed E-state index contributed by atoms with van der Waals surface area (Å²) in [6, 6.07) is 9.41. The number of halogens is 3. The number of aryl methyl sites for hydroxylation is 1. The van der Waals surface area contributed by atoms with Crippen molar-refractivity contribution in [1.82, 2.24) is 0 Å². The van der Waals surface area contributed by atoms with Gasteiger partial charge in [-0.1, -0.05) is 40.2 Å². The minimum atomic E-state index is -0.896. The minimum Gasteiger partial charge on any atom is -0.388 e. The lowest BCUT2D eigenvalue weighted by atomic mass is 10.00. The second-order valence-electron chi connectivity index (χ2n) is 4.44. The van der Waals surface area contributed by atoms with Gasteiger partial charge in [0, 0.05) is 10.9 Å². The molecule has 1 atom stereocenters. The predicted octanol–water partition coefficient (Wildman–Crippen LogP) is 4.31. The average molecular weight is 327 g/mol. The molecule has 0 aliphatic carbocycles. The van der Waals surface area contributed by atoms with Crippen molar-refractivity contribution in [3.05, 3.63) is 69.2 Å². The van der Waals surface area contributed by atoms with Crippen LogP contribution in [0.1, 0.15) is 22.8 Å². The molecule has 100 valence electrons. The summed E-state index contributed by atoms with van der Waals surface area (Å²) in [6.07, 6.45) is -0.827. The number of rotatable bonds is 3. The molecule has 0 bridgehead atoms. The van der Waals surface area contributed by atoms with Crippen LogP contribution in [0.4, 0.5) is 8.78 Å². The van der Waals surface area contributed by atoms with Gasteiger partial charge in [0.05, 0.1) is 6.10 Å². The summed E-state index contributed by atoms with van der Waals surface area (Å²) in [4.78, 5) is 0. The van der Waals surface area contributed by atoms with E-state index in [1.54, 1.807) is 12.1 Å². The summed E-state index contributed by atoms with van der Waals surface area (Å²) < 4.78 is 27.5. The van der Waals surface area contributed by atoms with E-state index >= 15 is 0 Å². The first-order valence-electron chi connectivity index (χ1n) is 5.86. The van der Waals surface area contributed by atoms with Crippen molar-refractivity contribution in [3.8, 4) is 0 Å². The van der Waals surface area contributed by atoms with E-state index in [0.717, 1.165) is 16.1 Å². The van der Waals surface area contributed by atoms with Crippen molar-refractivity contribution in [1.29, 1.82) is 0 Å². The first-order valence-corrected chi connectivity index (χ1v) is 6.65. The van der Waals surface area contributed by atoms with E-state index in [4.69, 9.17) is 0 Å². The maximum absolute atomic E-state index is 13.5. The first-order chi connectivity index (χ1) is 8.99. The van der Waals surface area contributed by atoms with E-state index in [2.05, 4.69) is 15.9 Å². The third-order valence-corrected chi connectivity index (χ3v) is 3.88. The Morgan fingerprint density at radius 3 is 2.63 bits per heavy atom. The molecule has 0 saturated heterocycles. The van der Waals surface area contributed by atoms with Gasteiger partial charge in [0.15, 0.2) is 11.6 Å². The van der Waals surface area contributed by atoms with Crippen LogP contribution in [0, 0.1) is 18.6 Å². The molecule has 0 aromatic heterocycles. The highest BCUT2D eigenvalue weighted by Gasteiger charge is 2.14. The Labute approximate surface area is 119 Å². The molecule has 2 aromatic rings. The molecular formula is C15H13BrF2O. The fourth-order valence-corrected chi connectivity index (χ4v) is 2.25. The highest BCUT2D eigenvalue weighted by molar-refractivity contribution is 9.10. The molecule has 1 unspecified atom stereocenters. The molecule has 2 aromatic carbocycles. The van der Waals surface area contributed by atoms with Gasteiger partial charge in [-0.05, 0) is 35.7 Å². The molecule has 0 heterocycles. The molecule has 4 heteroatoms. The van der Waals surface area contributed by atoms with Gasteiger partial charge < -0.3 is 5.11 Å². The third-order valence-electron chi connectivity index (χ3n) is 3.03. The van der Waals surface area contributed by atoms with E-state index in [1.165, 1.54) is 12.1 Å². The van der Waals surface area contributed by atoms with Crippen LogP contribution >= 0.6 is 15.9 Å². The summed E-state index contributed by atoms with van der Waals surface area (Å²) in [5.74, 6) is -1.79. The van der Waals surface area contributed by atoms with Crippen LogP contribution in [0.15, 0.2) is 40.9 Å². The zero-order valence-corrected chi connectivity index (χ0v) is 11.9. The lowest BCUT2D eigenvalue weighted by Gasteiger charge is -2.13. The van der Waals surface area contributed by atoms with Crippen LogP contribution in [0.25, 0.3) is 0 Å².